The van der Waals surface area contributed by atoms with Gasteiger partial charge in [0.2, 0.25) is 0 Å². The maximum Gasteiger partial charge on any atom is 0.273 e. The largest absolute Gasteiger partial charge is 0.496 e. The minimum atomic E-state index is -0.491. The van der Waals surface area contributed by atoms with E-state index in [0.717, 1.165) is 0 Å². The van der Waals surface area contributed by atoms with Gasteiger partial charge in [-0.05, 0) is 24.3 Å². The number of carbonyl (C=O) groups excluding carboxylic acids is 2. The number of para-hydroxylation sites is 1. The summed E-state index contributed by atoms with van der Waals surface area (Å²) in [5.74, 6) is 0.115. The molecule has 0 bridgehead atoms. The number of ether oxygens (including phenoxy) is 1. The fourth-order valence-corrected chi connectivity index (χ4v) is 2.40. The van der Waals surface area contributed by atoms with Gasteiger partial charge in [-0.25, -0.2) is 0 Å². The standard InChI is InChI=1S/C20H18N4O3/c1-27-17-10-6-5-9-15(17)13-16(20(26)23-18-11-12-21-24-18)22-19(25)14-7-3-2-4-8-14/h2-13H,1H3,(H,22,25)(H2,21,23,24,26)/b16-13+. The van der Waals surface area contributed by atoms with Gasteiger partial charge < -0.3 is 15.4 Å². The van der Waals surface area contributed by atoms with Crippen molar-refractivity contribution in [3.63, 3.8) is 0 Å². The maximum atomic E-state index is 12.7. The van der Waals surface area contributed by atoms with Gasteiger partial charge in [-0.2, -0.15) is 5.10 Å². The molecule has 2 amide bonds. The number of rotatable bonds is 6. The van der Waals surface area contributed by atoms with E-state index < -0.39 is 11.8 Å². The number of methoxy groups -OCH3 is 1. The number of nitrogens with zero attached hydrogens (tertiary/aromatic N) is 1. The number of H-pyrrole nitrogens is 1. The molecule has 0 saturated carbocycles. The van der Waals surface area contributed by atoms with Crippen molar-refractivity contribution in [2.45, 2.75) is 0 Å². The van der Waals surface area contributed by atoms with Gasteiger partial charge in [-0.15, -0.1) is 0 Å². The van der Waals surface area contributed by atoms with Crippen LogP contribution in [-0.4, -0.2) is 29.1 Å². The molecular weight excluding hydrogens is 344 g/mol. The second-order valence-corrected chi connectivity index (χ2v) is 5.54. The van der Waals surface area contributed by atoms with Crippen molar-refractivity contribution in [3.8, 4) is 5.75 Å². The number of amides is 2. The average Bonchev–Trinajstić information content (AvgIpc) is 3.21. The summed E-state index contributed by atoms with van der Waals surface area (Å²) >= 11 is 0. The molecule has 0 spiro atoms. The fraction of sp³-hybridized carbons (Fsp3) is 0.0500. The Labute approximate surface area is 156 Å². The highest BCUT2D eigenvalue weighted by atomic mass is 16.5. The van der Waals surface area contributed by atoms with Crippen LogP contribution in [0.3, 0.4) is 0 Å². The Bertz CT molecular complexity index is 950. The van der Waals surface area contributed by atoms with Crippen LogP contribution < -0.4 is 15.4 Å². The Kier molecular flexibility index (Phi) is 5.64. The first-order valence-electron chi connectivity index (χ1n) is 8.19. The first-order chi connectivity index (χ1) is 13.2. The van der Waals surface area contributed by atoms with Crippen LogP contribution in [-0.2, 0) is 4.79 Å². The molecule has 0 atom stereocenters. The summed E-state index contributed by atoms with van der Waals surface area (Å²) in [5.41, 5.74) is 1.17. The molecule has 3 N–H and O–H groups in total. The van der Waals surface area contributed by atoms with E-state index in [-0.39, 0.29) is 5.70 Å². The van der Waals surface area contributed by atoms with Gasteiger partial charge >= 0.3 is 0 Å². The number of carbonyl (C=O) groups is 2. The van der Waals surface area contributed by atoms with E-state index >= 15 is 0 Å². The molecule has 0 aliphatic carbocycles. The topological polar surface area (TPSA) is 96.1 Å². The molecule has 1 aromatic heterocycles. The van der Waals surface area contributed by atoms with Gasteiger partial charge in [-0.3, -0.25) is 14.7 Å². The molecule has 136 valence electrons. The van der Waals surface area contributed by atoms with Gasteiger partial charge in [0.1, 0.15) is 17.3 Å². The zero-order valence-electron chi connectivity index (χ0n) is 14.6. The van der Waals surface area contributed by atoms with Crippen molar-refractivity contribution in [1.29, 1.82) is 0 Å². The van der Waals surface area contributed by atoms with Crippen LogP contribution >= 0.6 is 0 Å². The van der Waals surface area contributed by atoms with Crippen LogP contribution in [0, 0.1) is 0 Å². The molecule has 0 fully saturated rings. The summed E-state index contributed by atoms with van der Waals surface area (Å²) in [6.45, 7) is 0. The predicted octanol–water partition coefficient (Wildman–Crippen LogP) is 2.83. The second kappa shape index (κ2) is 8.48. The first kappa shape index (κ1) is 17.9. The molecule has 0 aliphatic heterocycles. The summed E-state index contributed by atoms with van der Waals surface area (Å²) in [4.78, 5) is 25.2. The van der Waals surface area contributed by atoms with E-state index in [2.05, 4.69) is 20.8 Å². The van der Waals surface area contributed by atoms with Crippen molar-refractivity contribution in [2.24, 2.45) is 0 Å². The molecule has 27 heavy (non-hydrogen) atoms. The molecule has 1 heterocycles. The normalized spacial score (nSPS) is 10.9. The van der Waals surface area contributed by atoms with E-state index in [9.17, 15) is 9.59 Å². The van der Waals surface area contributed by atoms with Crippen LogP contribution in [0.4, 0.5) is 5.82 Å². The lowest BCUT2D eigenvalue weighted by Crippen LogP contribution is -2.30. The Morgan fingerprint density at radius 3 is 2.48 bits per heavy atom. The molecule has 0 unspecified atom stereocenters. The summed E-state index contributed by atoms with van der Waals surface area (Å²) < 4.78 is 5.32. The molecule has 0 radical (unpaired) electrons. The van der Waals surface area contributed by atoms with E-state index in [1.807, 2.05) is 18.2 Å². The number of hydrogen-bond donors (Lipinski definition) is 3. The third-order valence-electron chi connectivity index (χ3n) is 3.72. The lowest BCUT2D eigenvalue weighted by molar-refractivity contribution is -0.113. The van der Waals surface area contributed by atoms with Crippen LogP contribution in [0.1, 0.15) is 15.9 Å². The SMILES string of the molecule is COc1ccccc1/C=C(/NC(=O)c1ccccc1)C(=O)Nc1ccn[nH]1. The van der Waals surface area contributed by atoms with Crippen molar-refractivity contribution in [1.82, 2.24) is 15.5 Å². The second-order valence-electron chi connectivity index (χ2n) is 5.54. The van der Waals surface area contributed by atoms with E-state index in [1.165, 1.54) is 6.20 Å². The highest BCUT2D eigenvalue weighted by Gasteiger charge is 2.16. The number of aromatic nitrogens is 2. The number of hydrogen-bond acceptors (Lipinski definition) is 4. The Hall–Kier alpha value is -3.87. The lowest BCUT2D eigenvalue weighted by atomic mass is 10.1. The monoisotopic (exact) mass is 362 g/mol. The van der Waals surface area contributed by atoms with E-state index in [1.54, 1.807) is 55.7 Å². The zero-order valence-corrected chi connectivity index (χ0v) is 14.6. The predicted molar refractivity (Wildman–Crippen MR) is 102 cm³/mol. The smallest absolute Gasteiger partial charge is 0.273 e. The van der Waals surface area contributed by atoms with E-state index in [4.69, 9.17) is 4.74 Å². The van der Waals surface area contributed by atoms with Gasteiger partial charge in [0.15, 0.2) is 0 Å². The molecule has 3 rings (SSSR count). The Morgan fingerprint density at radius 1 is 1.04 bits per heavy atom. The van der Waals surface area contributed by atoms with Crippen molar-refractivity contribution in [2.75, 3.05) is 12.4 Å². The first-order valence-corrected chi connectivity index (χ1v) is 8.19. The number of aromatic amines is 1. The number of nitrogens with one attached hydrogen (secondary N) is 3. The summed E-state index contributed by atoms with van der Waals surface area (Å²) in [6, 6.07) is 17.5. The highest BCUT2D eigenvalue weighted by molar-refractivity contribution is 6.10. The molecule has 0 aliphatic rings. The number of benzene rings is 2. The van der Waals surface area contributed by atoms with Crippen LogP contribution in [0.2, 0.25) is 0 Å². The molecule has 7 heteroatoms. The average molecular weight is 362 g/mol. The number of anilines is 1. The van der Waals surface area contributed by atoms with Gasteiger partial charge in [0.25, 0.3) is 11.8 Å². The Morgan fingerprint density at radius 2 is 1.78 bits per heavy atom. The van der Waals surface area contributed by atoms with E-state index in [0.29, 0.717) is 22.7 Å². The summed E-state index contributed by atoms with van der Waals surface area (Å²) in [7, 11) is 1.54. The van der Waals surface area contributed by atoms with Crippen LogP contribution in [0.15, 0.2) is 72.6 Å². The maximum absolute atomic E-state index is 12.7. The van der Waals surface area contributed by atoms with Crippen LogP contribution in [0.5, 0.6) is 5.75 Å². The molecule has 0 saturated heterocycles. The Balaban J connectivity index is 1.91. The van der Waals surface area contributed by atoms with Gasteiger partial charge in [0, 0.05) is 17.2 Å². The van der Waals surface area contributed by atoms with Crippen molar-refractivity contribution >= 4 is 23.7 Å². The van der Waals surface area contributed by atoms with Crippen molar-refractivity contribution < 1.29 is 14.3 Å². The highest BCUT2D eigenvalue weighted by Crippen LogP contribution is 2.20. The lowest BCUT2D eigenvalue weighted by Gasteiger charge is -2.11. The third kappa shape index (κ3) is 4.60. The molecule has 3 aromatic rings. The molecule has 2 aromatic carbocycles. The fourth-order valence-electron chi connectivity index (χ4n) is 2.40. The molecular formula is C20H18N4O3. The zero-order chi connectivity index (χ0) is 19.1. The van der Waals surface area contributed by atoms with Gasteiger partial charge in [-0.1, -0.05) is 36.4 Å². The van der Waals surface area contributed by atoms with Crippen LogP contribution in [0.25, 0.3) is 6.08 Å². The molecule has 7 nitrogen and oxygen atoms in total. The minimum absolute atomic E-state index is 0.0722. The summed E-state index contributed by atoms with van der Waals surface area (Å²) in [6.07, 6.45) is 3.08. The summed E-state index contributed by atoms with van der Waals surface area (Å²) in [5, 5.41) is 11.8. The quantitative estimate of drug-likeness (QED) is 0.588. The minimum Gasteiger partial charge on any atom is -0.496 e. The van der Waals surface area contributed by atoms with Gasteiger partial charge in [0.05, 0.1) is 13.3 Å². The van der Waals surface area contributed by atoms with Crippen molar-refractivity contribution in [3.05, 3.63) is 83.7 Å². The third-order valence-corrected chi connectivity index (χ3v) is 3.72.